The summed E-state index contributed by atoms with van der Waals surface area (Å²) in [5, 5.41) is 10.3. The third-order valence-electron chi connectivity index (χ3n) is 2.91. The van der Waals surface area contributed by atoms with E-state index in [9.17, 15) is 5.11 Å². The lowest BCUT2D eigenvalue weighted by Crippen LogP contribution is -2.23. The van der Waals surface area contributed by atoms with E-state index < -0.39 is 5.60 Å². The second-order valence-corrected chi connectivity index (χ2v) is 4.03. The maximum Gasteiger partial charge on any atom is 0.123 e. The summed E-state index contributed by atoms with van der Waals surface area (Å²) in [6, 6.07) is 3.78. The Morgan fingerprint density at radius 1 is 1.57 bits per heavy atom. The zero-order valence-corrected chi connectivity index (χ0v) is 8.45. The molecule has 0 bridgehead atoms. The van der Waals surface area contributed by atoms with Gasteiger partial charge in [0.1, 0.15) is 11.4 Å². The summed E-state index contributed by atoms with van der Waals surface area (Å²) >= 11 is 0. The molecule has 3 nitrogen and oxygen atoms in total. The molecule has 2 rings (SSSR count). The van der Waals surface area contributed by atoms with Gasteiger partial charge in [-0.05, 0) is 30.9 Å². The van der Waals surface area contributed by atoms with Gasteiger partial charge in [0, 0.05) is 0 Å². The van der Waals surface area contributed by atoms with Crippen LogP contribution >= 0.6 is 0 Å². The molecular weight excluding hydrogens is 176 g/mol. The maximum absolute atomic E-state index is 10.3. The normalized spacial score (nSPS) is 25.0. The Bertz CT molecular complexity index is 347. The fraction of sp³-hybridized carbons (Fsp3) is 0.545. The van der Waals surface area contributed by atoms with Crippen molar-refractivity contribution in [3.05, 3.63) is 23.4 Å². The van der Waals surface area contributed by atoms with Crippen LogP contribution in [0.4, 0.5) is 5.82 Å². The van der Waals surface area contributed by atoms with Crippen molar-refractivity contribution >= 4 is 5.82 Å². The van der Waals surface area contributed by atoms with Crippen molar-refractivity contribution in [2.45, 2.75) is 38.2 Å². The van der Waals surface area contributed by atoms with Crippen LogP contribution in [-0.2, 0) is 12.0 Å². The number of hydrogen-bond donors (Lipinski definition) is 2. The molecule has 0 aromatic carbocycles. The molecular formula is C11H16N2O. The van der Waals surface area contributed by atoms with Crippen LogP contribution in [-0.4, -0.2) is 10.1 Å². The Hall–Kier alpha value is -1.09. The molecule has 1 heterocycles. The second-order valence-electron chi connectivity index (χ2n) is 4.03. The highest BCUT2D eigenvalue weighted by atomic mass is 16.3. The van der Waals surface area contributed by atoms with Crippen molar-refractivity contribution in [3.8, 4) is 0 Å². The van der Waals surface area contributed by atoms with Crippen LogP contribution in [0.5, 0.6) is 0 Å². The summed E-state index contributed by atoms with van der Waals surface area (Å²) in [7, 11) is 0. The van der Waals surface area contributed by atoms with E-state index in [0.717, 1.165) is 36.9 Å². The van der Waals surface area contributed by atoms with Crippen molar-refractivity contribution in [2.75, 3.05) is 5.73 Å². The summed E-state index contributed by atoms with van der Waals surface area (Å²) in [4.78, 5) is 4.25. The molecule has 0 amide bonds. The smallest absolute Gasteiger partial charge is 0.123 e. The van der Waals surface area contributed by atoms with Gasteiger partial charge >= 0.3 is 0 Å². The van der Waals surface area contributed by atoms with E-state index in [2.05, 4.69) is 11.9 Å². The van der Waals surface area contributed by atoms with Crippen molar-refractivity contribution in [3.63, 3.8) is 0 Å². The minimum Gasteiger partial charge on any atom is -0.384 e. The number of pyridine rings is 1. The molecule has 0 spiro atoms. The van der Waals surface area contributed by atoms with Gasteiger partial charge < -0.3 is 10.8 Å². The first-order chi connectivity index (χ1) is 6.65. The van der Waals surface area contributed by atoms with E-state index in [1.54, 1.807) is 6.07 Å². The topological polar surface area (TPSA) is 59.1 Å². The maximum atomic E-state index is 10.3. The molecule has 1 aromatic rings. The molecule has 76 valence electrons. The molecule has 1 aliphatic carbocycles. The Morgan fingerprint density at radius 2 is 2.36 bits per heavy atom. The summed E-state index contributed by atoms with van der Waals surface area (Å²) < 4.78 is 0. The standard InChI is InChI=1S/C11H16N2O/c1-2-6-11(14)7-5-8-3-4-9(12)13-10(8)11/h3-4,14H,2,5-7H2,1H3,(H2,12,13). The van der Waals surface area contributed by atoms with Gasteiger partial charge in [-0.15, -0.1) is 0 Å². The first-order valence-corrected chi connectivity index (χ1v) is 5.14. The molecule has 1 unspecified atom stereocenters. The lowest BCUT2D eigenvalue weighted by molar-refractivity contribution is 0.0249. The Balaban J connectivity index is 2.41. The SMILES string of the molecule is CCCC1(O)CCc2ccc(N)nc21. The Kier molecular flexibility index (Phi) is 2.19. The van der Waals surface area contributed by atoms with Crippen LogP contribution in [0.1, 0.15) is 37.4 Å². The highest BCUT2D eigenvalue weighted by molar-refractivity contribution is 5.39. The van der Waals surface area contributed by atoms with Crippen LogP contribution in [0, 0.1) is 0 Å². The van der Waals surface area contributed by atoms with Gasteiger partial charge in [-0.2, -0.15) is 0 Å². The number of rotatable bonds is 2. The molecule has 14 heavy (non-hydrogen) atoms. The first-order valence-electron chi connectivity index (χ1n) is 5.14. The van der Waals surface area contributed by atoms with Crippen molar-refractivity contribution in [1.29, 1.82) is 0 Å². The number of aryl methyl sites for hydroxylation is 1. The summed E-state index contributed by atoms with van der Waals surface area (Å²) in [5.41, 5.74) is 6.86. The predicted octanol–water partition coefficient (Wildman–Crippen LogP) is 1.60. The van der Waals surface area contributed by atoms with Gasteiger partial charge in [0.2, 0.25) is 0 Å². The van der Waals surface area contributed by atoms with Gasteiger partial charge in [0.05, 0.1) is 5.69 Å². The van der Waals surface area contributed by atoms with Crippen molar-refractivity contribution in [2.24, 2.45) is 0 Å². The average Bonchev–Trinajstić information content (AvgIpc) is 2.45. The highest BCUT2D eigenvalue weighted by Gasteiger charge is 2.37. The minimum absolute atomic E-state index is 0.500. The monoisotopic (exact) mass is 192 g/mol. The molecule has 1 aromatic heterocycles. The van der Waals surface area contributed by atoms with Crippen LogP contribution in [0.25, 0.3) is 0 Å². The zero-order valence-electron chi connectivity index (χ0n) is 8.45. The quantitative estimate of drug-likeness (QED) is 0.748. The van der Waals surface area contributed by atoms with Crippen LogP contribution in [0.3, 0.4) is 0 Å². The molecule has 0 radical (unpaired) electrons. The Labute approximate surface area is 84.0 Å². The van der Waals surface area contributed by atoms with Gasteiger partial charge in [-0.1, -0.05) is 19.4 Å². The van der Waals surface area contributed by atoms with Gasteiger partial charge in [-0.25, -0.2) is 4.98 Å². The largest absolute Gasteiger partial charge is 0.384 e. The summed E-state index contributed by atoms with van der Waals surface area (Å²) in [6.45, 7) is 2.07. The lowest BCUT2D eigenvalue weighted by Gasteiger charge is -2.22. The molecule has 0 saturated carbocycles. The number of hydrogen-bond acceptors (Lipinski definition) is 3. The van der Waals surface area contributed by atoms with Crippen molar-refractivity contribution in [1.82, 2.24) is 4.98 Å². The third-order valence-corrected chi connectivity index (χ3v) is 2.91. The molecule has 3 N–H and O–H groups in total. The van der Waals surface area contributed by atoms with Crippen molar-refractivity contribution < 1.29 is 5.11 Å². The number of nitrogen functional groups attached to an aromatic ring is 1. The molecule has 1 aliphatic rings. The van der Waals surface area contributed by atoms with E-state index in [1.165, 1.54) is 0 Å². The first kappa shape index (κ1) is 9.46. The second kappa shape index (κ2) is 3.24. The minimum atomic E-state index is -0.723. The fourth-order valence-electron chi connectivity index (χ4n) is 2.22. The number of nitrogens with zero attached hydrogens (tertiary/aromatic N) is 1. The summed E-state index contributed by atoms with van der Waals surface area (Å²) in [5.74, 6) is 0.500. The average molecular weight is 192 g/mol. The number of fused-ring (bicyclic) bond motifs is 1. The highest BCUT2D eigenvalue weighted by Crippen LogP contribution is 2.39. The number of aliphatic hydroxyl groups is 1. The van der Waals surface area contributed by atoms with Gasteiger partial charge in [0.25, 0.3) is 0 Å². The van der Waals surface area contributed by atoms with E-state index in [-0.39, 0.29) is 0 Å². The predicted molar refractivity (Wildman–Crippen MR) is 55.8 cm³/mol. The molecule has 0 fully saturated rings. The van der Waals surface area contributed by atoms with E-state index >= 15 is 0 Å². The molecule has 0 saturated heterocycles. The molecule has 1 atom stereocenters. The lowest BCUT2D eigenvalue weighted by atomic mass is 9.95. The zero-order chi connectivity index (χ0) is 10.2. The van der Waals surface area contributed by atoms with Gasteiger partial charge in [0.15, 0.2) is 0 Å². The van der Waals surface area contributed by atoms with Crippen LogP contribution in [0.2, 0.25) is 0 Å². The van der Waals surface area contributed by atoms with Crippen LogP contribution in [0.15, 0.2) is 12.1 Å². The fourth-order valence-corrected chi connectivity index (χ4v) is 2.22. The van der Waals surface area contributed by atoms with Gasteiger partial charge in [-0.3, -0.25) is 0 Å². The molecule has 0 aliphatic heterocycles. The number of anilines is 1. The number of aromatic nitrogens is 1. The van der Waals surface area contributed by atoms with E-state index in [0.29, 0.717) is 5.82 Å². The van der Waals surface area contributed by atoms with E-state index in [4.69, 9.17) is 5.73 Å². The van der Waals surface area contributed by atoms with Crippen LogP contribution < -0.4 is 5.73 Å². The molecule has 3 heteroatoms. The Morgan fingerprint density at radius 3 is 3.07 bits per heavy atom. The third kappa shape index (κ3) is 1.38. The summed E-state index contributed by atoms with van der Waals surface area (Å²) in [6.07, 6.45) is 3.44. The number of nitrogens with two attached hydrogens (primary N) is 1. The van der Waals surface area contributed by atoms with E-state index in [1.807, 2.05) is 6.07 Å².